The first-order chi connectivity index (χ1) is 22.3. The van der Waals surface area contributed by atoms with Crippen molar-refractivity contribution in [2.45, 2.75) is 54.4 Å². The van der Waals surface area contributed by atoms with Gasteiger partial charge in [-0.2, -0.15) is 5.10 Å². The maximum absolute atomic E-state index is 6.71. The quantitative estimate of drug-likeness (QED) is 0.173. The molecule has 0 amide bonds. The highest BCUT2D eigenvalue weighted by atomic mass is 16.5. The lowest BCUT2D eigenvalue weighted by molar-refractivity contribution is 0.481. The highest BCUT2D eigenvalue weighted by molar-refractivity contribution is 6.09. The van der Waals surface area contributed by atoms with E-state index in [4.69, 9.17) is 14.8 Å². The molecule has 0 saturated carbocycles. The minimum atomic E-state index is 0.505. The second-order valence-corrected chi connectivity index (χ2v) is 12.8. The average molecular weight is 605 g/mol. The molecule has 0 saturated heterocycles. The third-order valence-electron chi connectivity index (χ3n) is 8.77. The minimum absolute atomic E-state index is 0.505. The zero-order valence-corrected chi connectivity index (χ0v) is 27.5. The van der Waals surface area contributed by atoms with Crippen LogP contribution >= 0.6 is 0 Å². The summed E-state index contributed by atoms with van der Waals surface area (Å²) in [6.07, 6.45) is 3.82. The van der Waals surface area contributed by atoms with E-state index in [0.29, 0.717) is 5.92 Å². The molecule has 7 aromatic rings. The van der Waals surface area contributed by atoms with Crippen LogP contribution in [0.25, 0.3) is 44.4 Å². The van der Waals surface area contributed by atoms with Crippen LogP contribution in [-0.4, -0.2) is 19.3 Å². The van der Waals surface area contributed by atoms with Gasteiger partial charge in [-0.25, -0.2) is 9.67 Å². The molecule has 5 nitrogen and oxygen atoms in total. The number of fused-ring (bicyclic) bond motifs is 3. The zero-order valence-electron chi connectivity index (χ0n) is 27.5. The van der Waals surface area contributed by atoms with Crippen molar-refractivity contribution in [3.05, 3.63) is 131 Å². The molecule has 0 N–H and O–H groups in total. The Morgan fingerprint density at radius 3 is 2.33 bits per heavy atom. The minimum Gasteiger partial charge on any atom is -0.457 e. The van der Waals surface area contributed by atoms with Crippen molar-refractivity contribution in [2.75, 3.05) is 0 Å². The fourth-order valence-corrected chi connectivity index (χ4v) is 6.69. The summed E-state index contributed by atoms with van der Waals surface area (Å²) >= 11 is 0. The van der Waals surface area contributed by atoms with Gasteiger partial charge in [0.2, 0.25) is 0 Å². The standard InChI is InChI=1S/C41H40N4O/c1-7-30-13-16-38-37(23-30)36-15-14-34(25-39(36)44(38)40-20-27(4)17-18-42-40)46-35-22-31(19-26(2)3)21-33(24-35)45-29(6)41(28(5)43-45)32-11-9-8-10-12-32/h8-18,20-26H,7,19H2,1-6H3. The van der Waals surface area contributed by atoms with Gasteiger partial charge in [0.1, 0.15) is 17.3 Å². The van der Waals surface area contributed by atoms with Gasteiger partial charge in [0.25, 0.3) is 0 Å². The van der Waals surface area contributed by atoms with Gasteiger partial charge in [0.05, 0.1) is 22.4 Å². The van der Waals surface area contributed by atoms with Gasteiger partial charge in [-0.05, 0) is 110 Å². The van der Waals surface area contributed by atoms with Crippen LogP contribution in [0.5, 0.6) is 11.5 Å². The van der Waals surface area contributed by atoms with E-state index in [2.05, 4.69) is 136 Å². The van der Waals surface area contributed by atoms with Crippen molar-refractivity contribution in [3.8, 4) is 34.1 Å². The zero-order chi connectivity index (χ0) is 31.9. The number of aromatic nitrogens is 4. The molecule has 0 bridgehead atoms. The van der Waals surface area contributed by atoms with E-state index in [-0.39, 0.29) is 0 Å². The Morgan fingerprint density at radius 2 is 1.57 bits per heavy atom. The lowest BCUT2D eigenvalue weighted by Crippen LogP contribution is -2.03. The summed E-state index contributed by atoms with van der Waals surface area (Å²) in [6, 6.07) is 34.4. The number of benzene rings is 4. The van der Waals surface area contributed by atoms with Gasteiger partial charge in [-0.15, -0.1) is 0 Å². The summed E-state index contributed by atoms with van der Waals surface area (Å²) in [5.41, 5.74) is 11.4. The first kappa shape index (κ1) is 29.5. The summed E-state index contributed by atoms with van der Waals surface area (Å²) in [5.74, 6) is 2.99. The molecule has 7 rings (SSSR count). The van der Waals surface area contributed by atoms with Gasteiger partial charge in [-0.1, -0.05) is 57.2 Å². The molecule has 5 heteroatoms. The number of aryl methyl sites for hydroxylation is 3. The van der Waals surface area contributed by atoms with E-state index in [0.717, 1.165) is 58.3 Å². The Morgan fingerprint density at radius 1 is 0.739 bits per heavy atom. The van der Waals surface area contributed by atoms with Crippen LogP contribution in [0, 0.1) is 26.7 Å². The van der Waals surface area contributed by atoms with Crippen molar-refractivity contribution in [1.29, 1.82) is 0 Å². The number of ether oxygens (including phenoxy) is 1. The maximum Gasteiger partial charge on any atom is 0.137 e. The molecule has 0 spiro atoms. The molecule has 3 heterocycles. The summed E-state index contributed by atoms with van der Waals surface area (Å²) in [7, 11) is 0. The van der Waals surface area contributed by atoms with Crippen LogP contribution in [-0.2, 0) is 12.8 Å². The molecule has 0 aliphatic rings. The molecule has 4 aromatic carbocycles. The Labute approximate surface area is 271 Å². The van der Waals surface area contributed by atoms with Crippen molar-refractivity contribution >= 4 is 21.8 Å². The van der Waals surface area contributed by atoms with Gasteiger partial charge in [0, 0.05) is 40.4 Å². The van der Waals surface area contributed by atoms with E-state index >= 15 is 0 Å². The smallest absolute Gasteiger partial charge is 0.137 e. The Bertz CT molecular complexity index is 2200. The molecule has 0 aliphatic heterocycles. The third-order valence-corrected chi connectivity index (χ3v) is 8.77. The third kappa shape index (κ3) is 5.47. The van der Waals surface area contributed by atoms with Gasteiger partial charge in [-0.3, -0.25) is 4.57 Å². The topological polar surface area (TPSA) is 44.9 Å². The van der Waals surface area contributed by atoms with Crippen LogP contribution in [0.1, 0.15) is 48.8 Å². The van der Waals surface area contributed by atoms with Crippen LogP contribution in [0.2, 0.25) is 0 Å². The summed E-state index contributed by atoms with van der Waals surface area (Å²) in [4.78, 5) is 4.77. The highest BCUT2D eigenvalue weighted by Crippen LogP contribution is 2.37. The second kappa shape index (κ2) is 12.0. The summed E-state index contributed by atoms with van der Waals surface area (Å²) in [5, 5.41) is 7.42. The monoisotopic (exact) mass is 604 g/mol. The van der Waals surface area contributed by atoms with Crippen LogP contribution in [0.15, 0.2) is 103 Å². The van der Waals surface area contributed by atoms with Gasteiger partial charge in [0.15, 0.2) is 0 Å². The number of rotatable bonds is 8. The van der Waals surface area contributed by atoms with E-state index < -0.39 is 0 Å². The van der Waals surface area contributed by atoms with Gasteiger partial charge >= 0.3 is 0 Å². The Kier molecular flexibility index (Phi) is 7.69. The largest absolute Gasteiger partial charge is 0.457 e. The molecular weight excluding hydrogens is 564 g/mol. The number of hydrogen-bond acceptors (Lipinski definition) is 3. The lowest BCUT2D eigenvalue weighted by Gasteiger charge is -2.14. The number of pyridine rings is 1. The predicted octanol–water partition coefficient (Wildman–Crippen LogP) is 10.5. The molecule has 46 heavy (non-hydrogen) atoms. The molecule has 230 valence electrons. The van der Waals surface area contributed by atoms with Crippen molar-refractivity contribution in [2.24, 2.45) is 5.92 Å². The van der Waals surface area contributed by atoms with E-state index in [1.54, 1.807) is 0 Å². The molecule has 0 unspecified atom stereocenters. The molecule has 0 radical (unpaired) electrons. The fourth-order valence-electron chi connectivity index (χ4n) is 6.69. The number of hydrogen-bond donors (Lipinski definition) is 0. The molecule has 0 fully saturated rings. The lowest BCUT2D eigenvalue weighted by atomic mass is 10.0. The van der Waals surface area contributed by atoms with Crippen molar-refractivity contribution < 1.29 is 4.74 Å². The average Bonchev–Trinajstić information content (AvgIpc) is 3.53. The van der Waals surface area contributed by atoms with Gasteiger partial charge < -0.3 is 4.74 Å². The first-order valence-electron chi connectivity index (χ1n) is 16.2. The Balaban J connectivity index is 1.35. The first-order valence-corrected chi connectivity index (χ1v) is 16.2. The van der Waals surface area contributed by atoms with E-state index in [1.807, 2.05) is 18.3 Å². The van der Waals surface area contributed by atoms with E-state index in [1.165, 1.54) is 38.6 Å². The van der Waals surface area contributed by atoms with Crippen molar-refractivity contribution in [3.63, 3.8) is 0 Å². The predicted molar refractivity (Wildman–Crippen MR) is 190 cm³/mol. The van der Waals surface area contributed by atoms with Crippen LogP contribution in [0.4, 0.5) is 0 Å². The molecular formula is C41H40N4O. The Hall–Kier alpha value is -5.16. The number of nitrogens with zero attached hydrogens (tertiary/aromatic N) is 4. The van der Waals surface area contributed by atoms with Crippen LogP contribution in [0.3, 0.4) is 0 Å². The summed E-state index contributed by atoms with van der Waals surface area (Å²) in [6.45, 7) is 13.0. The van der Waals surface area contributed by atoms with Crippen molar-refractivity contribution in [1.82, 2.24) is 19.3 Å². The normalized spacial score (nSPS) is 11.6. The second-order valence-electron chi connectivity index (χ2n) is 12.8. The van der Waals surface area contributed by atoms with Crippen LogP contribution < -0.4 is 4.74 Å². The summed E-state index contributed by atoms with van der Waals surface area (Å²) < 4.78 is 11.0. The highest BCUT2D eigenvalue weighted by Gasteiger charge is 2.18. The fraction of sp³-hybridized carbons (Fsp3) is 0.220. The SMILES string of the molecule is CCc1ccc2c(c1)c1ccc(Oc3cc(CC(C)C)cc(-n4nc(C)c(-c5ccccc5)c4C)c3)cc1n2-c1cc(C)ccn1. The molecule has 0 atom stereocenters. The maximum atomic E-state index is 6.71. The molecule has 0 aliphatic carbocycles. The molecule has 3 aromatic heterocycles. The van der Waals surface area contributed by atoms with E-state index in [9.17, 15) is 0 Å².